The van der Waals surface area contributed by atoms with E-state index in [2.05, 4.69) is 14.9 Å². The topological polar surface area (TPSA) is 37.9 Å². The van der Waals surface area contributed by atoms with Crippen molar-refractivity contribution in [2.75, 3.05) is 0 Å². The monoisotopic (exact) mass is 244 g/mol. The lowest BCUT2D eigenvalue weighted by atomic mass is 10.1. The lowest BCUT2D eigenvalue weighted by molar-refractivity contribution is -0.0497. The van der Waals surface area contributed by atoms with Gasteiger partial charge in [-0.1, -0.05) is 17.7 Å². The highest BCUT2D eigenvalue weighted by Gasteiger charge is 2.09. The summed E-state index contributed by atoms with van der Waals surface area (Å²) in [6, 6.07) is 4.58. The molecule has 0 atom stereocenters. The summed E-state index contributed by atoms with van der Waals surface area (Å²) in [5, 5.41) is 6.57. The van der Waals surface area contributed by atoms with Crippen molar-refractivity contribution in [3.05, 3.63) is 35.6 Å². The number of halogens is 3. The number of H-pyrrole nitrogens is 1. The van der Waals surface area contributed by atoms with Crippen LogP contribution in [0, 0.1) is 0 Å². The average molecular weight is 245 g/mol. The fourth-order valence-corrected chi connectivity index (χ4v) is 1.51. The molecule has 0 amide bonds. The fraction of sp³-hybridized carbons (Fsp3) is 0.100. The minimum absolute atomic E-state index is 0.0380. The van der Waals surface area contributed by atoms with Gasteiger partial charge in [0, 0.05) is 11.8 Å². The van der Waals surface area contributed by atoms with Gasteiger partial charge in [0.1, 0.15) is 5.75 Å². The third-order valence-corrected chi connectivity index (χ3v) is 2.27. The quantitative estimate of drug-likeness (QED) is 0.899. The molecule has 0 unspecified atom stereocenters. The van der Waals surface area contributed by atoms with Crippen molar-refractivity contribution in [2.24, 2.45) is 0 Å². The molecule has 2 aromatic rings. The molecule has 0 fully saturated rings. The highest BCUT2D eigenvalue weighted by atomic mass is 35.5. The number of hydrogen-bond acceptors (Lipinski definition) is 2. The highest BCUT2D eigenvalue weighted by molar-refractivity contribution is 6.32. The Kier molecular flexibility index (Phi) is 3.05. The van der Waals surface area contributed by atoms with Crippen molar-refractivity contribution in [1.29, 1.82) is 0 Å². The number of ether oxygens (including phenoxy) is 1. The van der Waals surface area contributed by atoms with Crippen LogP contribution >= 0.6 is 11.6 Å². The number of nitrogens with zero attached hydrogens (tertiary/aromatic N) is 1. The van der Waals surface area contributed by atoms with Gasteiger partial charge in [0.05, 0.1) is 11.2 Å². The first-order valence-corrected chi connectivity index (χ1v) is 4.78. The molecule has 1 aromatic carbocycles. The summed E-state index contributed by atoms with van der Waals surface area (Å²) in [5.41, 5.74) is 1.60. The van der Waals surface area contributed by atoms with Crippen molar-refractivity contribution in [2.45, 2.75) is 6.61 Å². The minimum Gasteiger partial charge on any atom is -0.433 e. The van der Waals surface area contributed by atoms with Crippen LogP contribution in [-0.4, -0.2) is 16.8 Å². The van der Waals surface area contributed by atoms with Gasteiger partial charge in [-0.25, -0.2) is 0 Å². The Morgan fingerprint density at radius 3 is 2.69 bits per heavy atom. The maximum atomic E-state index is 12.0. The SMILES string of the molecule is FC(F)Oc1ccc(-c2cn[nH]c2)cc1Cl. The zero-order chi connectivity index (χ0) is 11.5. The third kappa shape index (κ3) is 2.30. The van der Waals surface area contributed by atoms with Crippen LogP contribution in [0.5, 0.6) is 5.75 Å². The van der Waals surface area contributed by atoms with Crippen molar-refractivity contribution >= 4 is 11.6 Å². The van der Waals surface area contributed by atoms with Crippen LogP contribution < -0.4 is 4.74 Å². The van der Waals surface area contributed by atoms with Gasteiger partial charge in [0.25, 0.3) is 0 Å². The van der Waals surface area contributed by atoms with E-state index in [9.17, 15) is 8.78 Å². The van der Waals surface area contributed by atoms with E-state index in [0.29, 0.717) is 0 Å². The summed E-state index contributed by atoms with van der Waals surface area (Å²) < 4.78 is 28.2. The molecular weight excluding hydrogens is 238 g/mol. The van der Waals surface area contributed by atoms with Crippen molar-refractivity contribution in [3.8, 4) is 16.9 Å². The summed E-state index contributed by atoms with van der Waals surface area (Å²) >= 11 is 5.80. The van der Waals surface area contributed by atoms with Gasteiger partial charge in [-0.2, -0.15) is 13.9 Å². The summed E-state index contributed by atoms with van der Waals surface area (Å²) in [4.78, 5) is 0. The number of alkyl halides is 2. The predicted molar refractivity (Wildman–Crippen MR) is 55.7 cm³/mol. The van der Waals surface area contributed by atoms with Gasteiger partial charge in [0.15, 0.2) is 0 Å². The maximum absolute atomic E-state index is 12.0. The molecule has 0 saturated heterocycles. The molecule has 84 valence electrons. The van der Waals surface area contributed by atoms with E-state index < -0.39 is 6.61 Å². The first-order chi connectivity index (χ1) is 7.66. The second-order valence-corrected chi connectivity index (χ2v) is 3.42. The smallest absolute Gasteiger partial charge is 0.387 e. The molecule has 0 radical (unpaired) electrons. The van der Waals surface area contributed by atoms with Crippen LogP contribution in [0.4, 0.5) is 8.78 Å². The molecule has 2 rings (SSSR count). The lowest BCUT2D eigenvalue weighted by Gasteiger charge is -2.07. The Balaban J connectivity index is 2.29. The van der Waals surface area contributed by atoms with E-state index in [1.807, 2.05) is 0 Å². The number of benzene rings is 1. The Morgan fingerprint density at radius 1 is 1.31 bits per heavy atom. The minimum atomic E-state index is -2.88. The number of aromatic nitrogens is 2. The molecular formula is C10H7ClF2N2O. The Labute approximate surface area is 95.0 Å². The summed E-state index contributed by atoms with van der Waals surface area (Å²) in [6.07, 6.45) is 3.29. The third-order valence-electron chi connectivity index (χ3n) is 1.98. The van der Waals surface area contributed by atoms with Gasteiger partial charge in [-0.05, 0) is 17.7 Å². The highest BCUT2D eigenvalue weighted by Crippen LogP contribution is 2.30. The molecule has 6 heteroatoms. The van der Waals surface area contributed by atoms with Gasteiger partial charge < -0.3 is 4.74 Å². The molecule has 0 spiro atoms. The molecule has 1 aromatic heterocycles. The van der Waals surface area contributed by atoms with Crippen molar-refractivity contribution in [3.63, 3.8) is 0 Å². The Hall–Kier alpha value is -1.62. The number of aromatic amines is 1. The number of nitrogens with one attached hydrogen (secondary N) is 1. The molecule has 0 aliphatic carbocycles. The molecule has 0 saturated carbocycles. The first kappa shape index (κ1) is 10.9. The normalized spacial score (nSPS) is 10.8. The van der Waals surface area contributed by atoms with Crippen LogP contribution in [0.15, 0.2) is 30.6 Å². The van der Waals surface area contributed by atoms with Gasteiger partial charge >= 0.3 is 6.61 Å². The average Bonchev–Trinajstić information content (AvgIpc) is 2.73. The van der Waals surface area contributed by atoms with Crippen LogP contribution in [0.25, 0.3) is 11.1 Å². The first-order valence-electron chi connectivity index (χ1n) is 4.40. The fourth-order valence-electron chi connectivity index (χ4n) is 1.28. The molecule has 0 aliphatic rings. The standard InChI is InChI=1S/C10H7ClF2N2O/c11-8-3-6(7-4-14-15-5-7)1-2-9(8)16-10(12)13/h1-5,10H,(H,14,15). The van der Waals surface area contributed by atoms with Crippen LogP contribution in [0.2, 0.25) is 5.02 Å². The van der Waals surface area contributed by atoms with Crippen LogP contribution in [-0.2, 0) is 0 Å². The van der Waals surface area contributed by atoms with E-state index in [-0.39, 0.29) is 10.8 Å². The summed E-state index contributed by atoms with van der Waals surface area (Å²) in [6.45, 7) is -2.88. The van der Waals surface area contributed by atoms with Crippen LogP contribution in [0.3, 0.4) is 0 Å². The second kappa shape index (κ2) is 4.49. The van der Waals surface area contributed by atoms with E-state index >= 15 is 0 Å². The molecule has 16 heavy (non-hydrogen) atoms. The van der Waals surface area contributed by atoms with Gasteiger partial charge in [-0.15, -0.1) is 0 Å². The Morgan fingerprint density at radius 2 is 2.12 bits per heavy atom. The molecule has 3 nitrogen and oxygen atoms in total. The van der Waals surface area contributed by atoms with Crippen LogP contribution in [0.1, 0.15) is 0 Å². The number of rotatable bonds is 3. The molecule has 1 heterocycles. The van der Waals surface area contributed by atoms with Gasteiger partial charge in [-0.3, -0.25) is 5.10 Å². The van der Waals surface area contributed by atoms with Crippen molar-refractivity contribution in [1.82, 2.24) is 10.2 Å². The Bertz CT molecular complexity index is 474. The molecule has 1 N–H and O–H groups in total. The van der Waals surface area contributed by atoms with E-state index in [0.717, 1.165) is 11.1 Å². The summed E-state index contributed by atoms with van der Waals surface area (Å²) in [7, 11) is 0. The van der Waals surface area contributed by atoms with E-state index in [4.69, 9.17) is 11.6 Å². The number of hydrogen-bond donors (Lipinski definition) is 1. The zero-order valence-corrected chi connectivity index (χ0v) is 8.71. The zero-order valence-electron chi connectivity index (χ0n) is 7.95. The predicted octanol–water partition coefficient (Wildman–Crippen LogP) is 3.33. The summed E-state index contributed by atoms with van der Waals surface area (Å²) in [5.74, 6) is -0.0380. The molecule has 0 aliphatic heterocycles. The largest absolute Gasteiger partial charge is 0.433 e. The van der Waals surface area contributed by atoms with Gasteiger partial charge in [0.2, 0.25) is 0 Å². The van der Waals surface area contributed by atoms with Crippen molar-refractivity contribution < 1.29 is 13.5 Å². The lowest BCUT2D eigenvalue weighted by Crippen LogP contribution is -2.02. The van der Waals surface area contributed by atoms with E-state index in [1.54, 1.807) is 24.5 Å². The second-order valence-electron chi connectivity index (χ2n) is 3.01. The molecule has 0 bridgehead atoms. The maximum Gasteiger partial charge on any atom is 0.387 e. The van der Waals surface area contributed by atoms with E-state index in [1.165, 1.54) is 6.07 Å².